The van der Waals surface area contributed by atoms with Crippen LogP contribution in [0.25, 0.3) is 0 Å². The van der Waals surface area contributed by atoms with E-state index in [9.17, 15) is 4.79 Å². The van der Waals surface area contributed by atoms with E-state index in [-0.39, 0.29) is 0 Å². The molecule has 22 heavy (non-hydrogen) atoms. The quantitative estimate of drug-likeness (QED) is 0.918. The summed E-state index contributed by atoms with van der Waals surface area (Å²) in [6.45, 7) is 4.07. The van der Waals surface area contributed by atoms with Gasteiger partial charge in [0, 0.05) is 32.0 Å². The first-order chi connectivity index (χ1) is 10.7. The summed E-state index contributed by atoms with van der Waals surface area (Å²) in [4.78, 5) is 21.1. The predicted molar refractivity (Wildman–Crippen MR) is 84.4 cm³/mol. The van der Waals surface area contributed by atoms with E-state index in [4.69, 9.17) is 0 Å². The summed E-state index contributed by atoms with van der Waals surface area (Å²) < 4.78 is 0. The highest BCUT2D eigenvalue weighted by atomic mass is 16.2. The molecule has 1 aromatic rings. The minimum atomic E-state index is 0.337. The van der Waals surface area contributed by atoms with Crippen molar-refractivity contribution < 1.29 is 4.79 Å². The highest BCUT2D eigenvalue weighted by Gasteiger charge is 2.26. The fourth-order valence-corrected chi connectivity index (χ4v) is 3.81. The topological polar surface area (TPSA) is 65.1 Å². The van der Waals surface area contributed by atoms with Gasteiger partial charge in [-0.05, 0) is 51.6 Å². The Labute approximate surface area is 132 Å². The summed E-state index contributed by atoms with van der Waals surface area (Å²) in [6, 6.07) is 0. The number of aromatic nitrogens is 3. The number of aromatic amines is 1. The normalized spacial score (nSPS) is 24.6. The third kappa shape index (κ3) is 3.85. The number of carbonyl (C=O) groups is 1. The molecule has 2 aliphatic heterocycles. The maximum atomic E-state index is 12.4. The molecule has 6 nitrogen and oxygen atoms in total. The Morgan fingerprint density at radius 3 is 2.82 bits per heavy atom. The molecule has 3 rings (SSSR count). The molecule has 0 bridgehead atoms. The van der Waals surface area contributed by atoms with Crippen molar-refractivity contribution in [3.05, 3.63) is 12.2 Å². The molecular formula is C16H27N5O. The van der Waals surface area contributed by atoms with Crippen molar-refractivity contribution in [2.45, 2.75) is 44.4 Å². The number of piperidine rings is 2. The predicted octanol–water partition coefficient (Wildman–Crippen LogP) is 1.63. The molecule has 1 N–H and O–H groups in total. The summed E-state index contributed by atoms with van der Waals surface area (Å²) in [6.07, 6.45) is 7.87. The highest BCUT2D eigenvalue weighted by molar-refractivity contribution is 5.76. The van der Waals surface area contributed by atoms with Crippen LogP contribution in [0.1, 0.15) is 50.3 Å². The number of H-pyrrole nitrogens is 1. The van der Waals surface area contributed by atoms with E-state index in [1.54, 1.807) is 6.33 Å². The lowest BCUT2D eigenvalue weighted by atomic mass is 9.92. The van der Waals surface area contributed by atoms with Crippen LogP contribution in [0.5, 0.6) is 0 Å². The third-order valence-electron chi connectivity index (χ3n) is 5.16. The Morgan fingerprint density at radius 1 is 1.32 bits per heavy atom. The molecule has 6 heteroatoms. The molecule has 0 aromatic carbocycles. The first kappa shape index (κ1) is 15.5. The number of nitrogens with zero attached hydrogens (tertiary/aromatic N) is 4. The Bertz CT molecular complexity index is 467. The van der Waals surface area contributed by atoms with E-state index in [0.717, 1.165) is 44.7 Å². The Hall–Kier alpha value is -1.43. The van der Waals surface area contributed by atoms with E-state index >= 15 is 0 Å². The van der Waals surface area contributed by atoms with Crippen LogP contribution in [0, 0.1) is 5.92 Å². The molecule has 1 atom stereocenters. The van der Waals surface area contributed by atoms with Crippen LogP contribution in [0.3, 0.4) is 0 Å². The van der Waals surface area contributed by atoms with Crippen LogP contribution < -0.4 is 0 Å². The van der Waals surface area contributed by atoms with Gasteiger partial charge in [0.2, 0.25) is 5.91 Å². The molecular weight excluding hydrogens is 278 g/mol. The second-order valence-corrected chi connectivity index (χ2v) is 6.83. The van der Waals surface area contributed by atoms with Crippen molar-refractivity contribution in [1.29, 1.82) is 0 Å². The van der Waals surface area contributed by atoms with Crippen LogP contribution in [0.2, 0.25) is 0 Å². The van der Waals surface area contributed by atoms with Crippen LogP contribution in [-0.4, -0.2) is 64.1 Å². The molecule has 0 aliphatic carbocycles. The van der Waals surface area contributed by atoms with Gasteiger partial charge < -0.3 is 9.80 Å². The molecule has 0 unspecified atom stereocenters. The molecule has 1 aromatic heterocycles. The average molecular weight is 305 g/mol. The monoisotopic (exact) mass is 305 g/mol. The van der Waals surface area contributed by atoms with Gasteiger partial charge >= 0.3 is 0 Å². The first-order valence-corrected chi connectivity index (χ1v) is 8.54. The number of carbonyl (C=O) groups excluding carboxylic acids is 1. The molecule has 122 valence electrons. The van der Waals surface area contributed by atoms with E-state index in [1.807, 2.05) is 4.90 Å². The second kappa shape index (κ2) is 7.22. The van der Waals surface area contributed by atoms with Gasteiger partial charge in [0.1, 0.15) is 12.2 Å². The lowest BCUT2D eigenvalue weighted by molar-refractivity contribution is -0.132. The lowest BCUT2D eigenvalue weighted by Gasteiger charge is -2.32. The van der Waals surface area contributed by atoms with Gasteiger partial charge in [-0.2, -0.15) is 5.10 Å². The molecule has 2 fully saturated rings. The summed E-state index contributed by atoms with van der Waals surface area (Å²) in [5.74, 6) is 2.44. The fourth-order valence-electron chi connectivity index (χ4n) is 3.81. The largest absolute Gasteiger partial charge is 0.343 e. The van der Waals surface area contributed by atoms with Crippen LogP contribution in [0.15, 0.2) is 6.33 Å². The SMILES string of the molecule is CN1CCC[C@H](CCC(=O)N2CCC(c3ncn[nH]3)CC2)C1. The van der Waals surface area contributed by atoms with Crippen molar-refractivity contribution in [1.82, 2.24) is 25.0 Å². The van der Waals surface area contributed by atoms with Gasteiger partial charge in [0.25, 0.3) is 0 Å². The van der Waals surface area contributed by atoms with Gasteiger partial charge in [0.15, 0.2) is 0 Å². The molecule has 0 saturated carbocycles. The Balaban J connectivity index is 1.40. The summed E-state index contributed by atoms with van der Waals surface area (Å²) in [5, 5.41) is 6.87. The molecule has 2 aliphatic rings. The minimum Gasteiger partial charge on any atom is -0.343 e. The average Bonchev–Trinajstić information content (AvgIpc) is 3.07. The maximum Gasteiger partial charge on any atom is 0.222 e. The van der Waals surface area contributed by atoms with Crippen LogP contribution in [-0.2, 0) is 4.79 Å². The van der Waals surface area contributed by atoms with Gasteiger partial charge in [-0.15, -0.1) is 0 Å². The van der Waals surface area contributed by atoms with Crippen molar-refractivity contribution >= 4 is 5.91 Å². The standard InChI is InChI=1S/C16H27N5O/c1-20-8-2-3-13(11-20)4-5-15(22)21-9-6-14(7-10-21)16-17-12-18-19-16/h12-14H,2-11H2,1H3,(H,17,18,19)/t13-/m1/s1. The zero-order valence-corrected chi connectivity index (χ0v) is 13.5. The van der Waals surface area contributed by atoms with Crippen molar-refractivity contribution in [3.8, 4) is 0 Å². The minimum absolute atomic E-state index is 0.337. The van der Waals surface area contributed by atoms with E-state index in [2.05, 4.69) is 27.1 Å². The summed E-state index contributed by atoms with van der Waals surface area (Å²) >= 11 is 0. The third-order valence-corrected chi connectivity index (χ3v) is 5.16. The number of likely N-dealkylation sites (tertiary alicyclic amines) is 2. The van der Waals surface area contributed by atoms with Crippen molar-refractivity contribution in [2.75, 3.05) is 33.2 Å². The smallest absolute Gasteiger partial charge is 0.222 e. The molecule has 0 spiro atoms. The zero-order valence-electron chi connectivity index (χ0n) is 13.5. The number of rotatable bonds is 4. The van der Waals surface area contributed by atoms with Crippen molar-refractivity contribution in [2.24, 2.45) is 5.92 Å². The number of amides is 1. The molecule has 3 heterocycles. The van der Waals surface area contributed by atoms with Crippen LogP contribution >= 0.6 is 0 Å². The molecule has 0 radical (unpaired) electrons. The number of hydrogen-bond donors (Lipinski definition) is 1. The summed E-state index contributed by atoms with van der Waals surface area (Å²) in [7, 11) is 2.18. The van der Waals surface area contributed by atoms with E-state index < -0.39 is 0 Å². The first-order valence-electron chi connectivity index (χ1n) is 8.54. The van der Waals surface area contributed by atoms with Gasteiger partial charge in [-0.25, -0.2) is 4.98 Å². The van der Waals surface area contributed by atoms with Crippen molar-refractivity contribution in [3.63, 3.8) is 0 Å². The van der Waals surface area contributed by atoms with E-state index in [0.29, 0.717) is 24.2 Å². The van der Waals surface area contributed by atoms with Gasteiger partial charge in [0.05, 0.1) is 0 Å². The Kier molecular flexibility index (Phi) is 5.08. The second-order valence-electron chi connectivity index (χ2n) is 6.83. The number of nitrogens with one attached hydrogen (secondary N) is 1. The lowest BCUT2D eigenvalue weighted by Crippen LogP contribution is -2.39. The van der Waals surface area contributed by atoms with Gasteiger partial charge in [-0.3, -0.25) is 9.89 Å². The zero-order chi connectivity index (χ0) is 15.4. The van der Waals surface area contributed by atoms with Crippen LogP contribution in [0.4, 0.5) is 0 Å². The van der Waals surface area contributed by atoms with Gasteiger partial charge in [-0.1, -0.05) is 0 Å². The maximum absolute atomic E-state index is 12.4. The molecule has 2 saturated heterocycles. The van der Waals surface area contributed by atoms with E-state index in [1.165, 1.54) is 19.4 Å². The Morgan fingerprint density at radius 2 is 2.14 bits per heavy atom. The molecule has 1 amide bonds. The number of hydrogen-bond acceptors (Lipinski definition) is 4. The highest BCUT2D eigenvalue weighted by Crippen LogP contribution is 2.26. The summed E-state index contributed by atoms with van der Waals surface area (Å²) in [5.41, 5.74) is 0. The fraction of sp³-hybridized carbons (Fsp3) is 0.812.